The average Bonchev–Trinajstić information content (AvgIpc) is 2.81. The minimum atomic E-state index is -0.666. The smallest absolute Gasteiger partial charge is 0.320 e. The summed E-state index contributed by atoms with van der Waals surface area (Å²) in [5, 5.41) is 9.52. The van der Waals surface area contributed by atoms with Gasteiger partial charge >= 0.3 is 5.97 Å². The second-order valence-electron chi connectivity index (χ2n) is 6.12. The molecular weight excluding hydrogens is 252 g/mol. The number of rotatable bonds is 3. The highest BCUT2D eigenvalue weighted by Gasteiger charge is 2.45. The van der Waals surface area contributed by atoms with Gasteiger partial charge in [-0.1, -0.05) is 18.9 Å². The number of aliphatic carboxylic acids is 1. The first kappa shape index (κ1) is 13.6. The average molecular weight is 274 g/mol. The summed E-state index contributed by atoms with van der Waals surface area (Å²) < 4.78 is 0. The number of carboxylic acid groups (broad SMARTS) is 1. The predicted molar refractivity (Wildman–Crippen MR) is 76.3 cm³/mol. The zero-order valence-electron chi connectivity index (χ0n) is 12.0. The van der Waals surface area contributed by atoms with Crippen molar-refractivity contribution in [3.63, 3.8) is 0 Å². The van der Waals surface area contributed by atoms with Gasteiger partial charge in [0.15, 0.2) is 0 Å². The first-order valence-corrected chi connectivity index (χ1v) is 7.56. The molecule has 4 nitrogen and oxygen atoms in total. The SMILES string of the molecule is Cc1ncccc1CN1C(C(=O)O)CC2CCCCC21. The molecule has 1 saturated heterocycles. The van der Waals surface area contributed by atoms with Crippen molar-refractivity contribution in [2.75, 3.05) is 0 Å². The fourth-order valence-corrected chi connectivity index (χ4v) is 3.90. The van der Waals surface area contributed by atoms with Crippen LogP contribution in [0.15, 0.2) is 18.3 Å². The van der Waals surface area contributed by atoms with Crippen molar-refractivity contribution in [2.45, 2.75) is 57.7 Å². The molecule has 1 aromatic rings. The number of nitrogens with zero attached hydrogens (tertiary/aromatic N) is 2. The first-order valence-electron chi connectivity index (χ1n) is 7.56. The highest BCUT2D eigenvalue weighted by molar-refractivity contribution is 5.74. The maximum atomic E-state index is 11.6. The maximum Gasteiger partial charge on any atom is 0.320 e. The molecule has 1 aromatic heterocycles. The Morgan fingerprint density at radius 1 is 1.45 bits per heavy atom. The van der Waals surface area contributed by atoms with Crippen molar-refractivity contribution >= 4 is 5.97 Å². The summed E-state index contributed by atoms with van der Waals surface area (Å²) in [4.78, 5) is 18.1. The van der Waals surface area contributed by atoms with Gasteiger partial charge in [0, 0.05) is 24.5 Å². The van der Waals surface area contributed by atoms with E-state index in [1.165, 1.54) is 19.3 Å². The van der Waals surface area contributed by atoms with E-state index in [2.05, 4.69) is 16.0 Å². The molecule has 0 amide bonds. The summed E-state index contributed by atoms with van der Waals surface area (Å²) >= 11 is 0. The third-order valence-electron chi connectivity index (χ3n) is 4.98. The van der Waals surface area contributed by atoms with Crippen LogP contribution in [0.4, 0.5) is 0 Å². The van der Waals surface area contributed by atoms with Crippen LogP contribution in [0.2, 0.25) is 0 Å². The van der Waals surface area contributed by atoms with Crippen molar-refractivity contribution in [3.05, 3.63) is 29.6 Å². The van der Waals surface area contributed by atoms with E-state index in [-0.39, 0.29) is 6.04 Å². The topological polar surface area (TPSA) is 53.4 Å². The minimum absolute atomic E-state index is 0.317. The summed E-state index contributed by atoms with van der Waals surface area (Å²) in [6, 6.07) is 4.14. The molecule has 1 aliphatic carbocycles. The molecule has 1 N–H and O–H groups in total. The zero-order chi connectivity index (χ0) is 14.1. The predicted octanol–water partition coefficient (Wildman–Crippen LogP) is 2.61. The van der Waals surface area contributed by atoms with Gasteiger partial charge in [0.1, 0.15) is 6.04 Å². The second kappa shape index (κ2) is 5.52. The van der Waals surface area contributed by atoms with Gasteiger partial charge < -0.3 is 5.11 Å². The van der Waals surface area contributed by atoms with E-state index in [0.29, 0.717) is 12.0 Å². The summed E-state index contributed by atoms with van der Waals surface area (Å²) in [5.41, 5.74) is 2.17. The van der Waals surface area contributed by atoms with Crippen LogP contribution in [0.3, 0.4) is 0 Å². The van der Waals surface area contributed by atoms with Crippen molar-refractivity contribution < 1.29 is 9.90 Å². The largest absolute Gasteiger partial charge is 0.480 e. The molecular formula is C16H22N2O2. The lowest BCUT2D eigenvalue weighted by molar-refractivity contribution is -0.142. The molecule has 1 saturated carbocycles. The number of hydrogen-bond acceptors (Lipinski definition) is 3. The second-order valence-corrected chi connectivity index (χ2v) is 6.12. The van der Waals surface area contributed by atoms with E-state index in [1.807, 2.05) is 13.0 Å². The molecule has 2 fully saturated rings. The molecule has 20 heavy (non-hydrogen) atoms. The van der Waals surface area contributed by atoms with Gasteiger partial charge in [-0.05, 0) is 43.7 Å². The molecule has 0 bridgehead atoms. The molecule has 3 atom stereocenters. The molecule has 108 valence electrons. The third kappa shape index (κ3) is 2.44. The molecule has 0 radical (unpaired) electrons. The van der Waals surface area contributed by atoms with Gasteiger partial charge in [0.2, 0.25) is 0 Å². The first-order chi connectivity index (χ1) is 9.66. The molecule has 0 aromatic carbocycles. The van der Waals surface area contributed by atoms with Gasteiger partial charge in [0.05, 0.1) is 0 Å². The Balaban J connectivity index is 1.84. The van der Waals surface area contributed by atoms with Crippen LogP contribution in [0.25, 0.3) is 0 Å². The Morgan fingerprint density at radius 2 is 2.25 bits per heavy atom. The Labute approximate surface area is 119 Å². The third-order valence-corrected chi connectivity index (χ3v) is 4.98. The quantitative estimate of drug-likeness (QED) is 0.920. The van der Waals surface area contributed by atoms with E-state index < -0.39 is 5.97 Å². The van der Waals surface area contributed by atoms with E-state index in [0.717, 1.165) is 30.6 Å². The lowest BCUT2D eigenvalue weighted by Gasteiger charge is -2.33. The normalized spacial score (nSPS) is 30.1. The number of carbonyl (C=O) groups is 1. The molecule has 1 aliphatic heterocycles. The molecule has 4 heteroatoms. The van der Waals surface area contributed by atoms with Crippen LogP contribution in [-0.4, -0.2) is 33.0 Å². The van der Waals surface area contributed by atoms with E-state index in [1.54, 1.807) is 6.20 Å². The van der Waals surface area contributed by atoms with Gasteiger partial charge in [-0.15, -0.1) is 0 Å². The van der Waals surface area contributed by atoms with Crippen LogP contribution in [-0.2, 0) is 11.3 Å². The van der Waals surface area contributed by atoms with E-state index in [4.69, 9.17) is 0 Å². The van der Waals surface area contributed by atoms with E-state index in [9.17, 15) is 9.90 Å². The highest BCUT2D eigenvalue weighted by atomic mass is 16.4. The summed E-state index contributed by atoms with van der Waals surface area (Å²) in [6.07, 6.45) is 7.44. The van der Waals surface area contributed by atoms with Gasteiger partial charge in [-0.2, -0.15) is 0 Å². The van der Waals surface area contributed by atoms with Crippen molar-refractivity contribution in [3.8, 4) is 0 Å². The van der Waals surface area contributed by atoms with Gasteiger partial charge in [0.25, 0.3) is 0 Å². The van der Waals surface area contributed by atoms with Gasteiger partial charge in [-0.25, -0.2) is 0 Å². The summed E-state index contributed by atoms with van der Waals surface area (Å²) in [7, 11) is 0. The number of aryl methyl sites for hydroxylation is 1. The number of pyridine rings is 1. The van der Waals surface area contributed by atoms with Crippen molar-refractivity contribution in [2.24, 2.45) is 5.92 Å². The number of carboxylic acids is 1. The van der Waals surface area contributed by atoms with Crippen molar-refractivity contribution in [1.82, 2.24) is 9.88 Å². The Morgan fingerprint density at radius 3 is 3.00 bits per heavy atom. The fourth-order valence-electron chi connectivity index (χ4n) is 3.90. The lowest BCUT2D eigenvalue weighted by Crippen LogP contribution is -2.41. The van der Waals surface area contributed by atoms with Crippen LogP contribution in [0.5, 0.6) is 0 Å². The molecule has 0 spiro atoms. The van der Waals surface area contributed by atoms with Crippen LogP contribution in [0, 0.1) is 12.8 Å². The van der Waals surface area contributed by atoms with E-state index >= 15 is 0 Å². The van der Waals surface area contributed by atoms with Crippen LogP contribution < -0.4 is 0 Å². The number of likely N-dealkylation sites (tertiary alicyclic amines) is 1. The highest BCUT2D eigenvalue weighted by Crippen LogP contribution is 2.40. The fraction of sp³-hybridized carbons (Fsp3) is 0.625. The number of aromatic nitrogens is 1. The minimum Gasteiger partial charge on any atom is -0.480 e. The maximum absolute atomic E-state index is 11.6. The Hall–Kier alpha value is -1.42. The van der Waals surface area contributed by atoms with Crippen LogP contribution >= 0.6 is 0 Å². The van der Waals surface area contributed by atoms with Crippen LogP contribution in [0.1, 0.15) is 43.4 Å². The Bertz CT molecular complexity index is 503. The number of fused-ring (bicyclic) bond motifs is 1. The van der Waals surface area contributed by atoms with Crippen molar-refractivity contribution in [1.29, 1.82) is 0 Å². The molecule has 3 rings (SSSR count). The lowest BCUT2D eigenvalue weighted by atomic mass is 9.84. The Kier molecular flexibility index (Phi) is 3.74. The monoisotopic (exact) mass is 274 g/mol. The molecule has 3 unspecified atom stereocenters. The summed E-state index contributed by atoms with van der Waals surface area (Å²) in [5.74, 6) is -0.0947. The zero-order valence-corrected chi connectivity index (χ0v) is 12.0. The van der Waals surface area contributed by atoms with Gasteiger partial charge in [-0.3, -0.25) is 14.7 Å². The number of hydrogen-bond donors (Lipinski definition) is 1. The molecule has 2 heterocycles. The molecule has 2 aliphatic rings. The standard InChI is InChI=1S/C16H22N2O2/c1-11-13(6-4-8-17-11)10-18-14-7-3-2-5-12(14)9-15(18)16(19)20/h4,6,8,12,14-15H,2-3,5,7,9-10H2,1H3,(H,19,20). The summed E-state index contributed by atoms with van der Waals surface area (Å²) in [6.45, 7) is 2.72.